The predicted molar refractivity (Wildman–Crippen MR) is 86.8 cm³/mol. The van der Waals surface area contributed by atoms with Crippen molar-refractivity contribution in [1.29, 1.82) is 0 Å². The van der Waals surface area contributed by atoms with Gasteiger partial charge in [0.05, 0.1) is 6.61 Å². The fourth-order valence-electron chi connectivity index (χ4n) is 1.92. The maximum absolute atomic E-state index is 11.2. The van der Waals surface area contributed by atoms with Gasteiger partial charge in [0.1, 0.15) is 0 Å². The molecule has 0 aromatic heterocycles. The Morgan fingerprint density at radius 3 is 2.05 bits per heavy atom. The van der Waals surface area contributed by atoms with Crippen LogP contribution in [-0.4, -0.2) is 23.7 Å². The molecule has 0 aliphatic carbocycles. The van der Waals surface area contributed by atoms with Gasteiger partial charge in [0.25, 0.3) is 0 Å². The van der Waals surface area contributed by atoms with E-state index >= 15 is 0 Å². The van der Waals surface area contributed by atoms with Crippen LogP contribution in [0, 0.1) is 0 Å². The smallest absolute Gasteiger partial charge is 0.305 e. The molecule has 0 saturated heterocycles. The summed E-state index contributed by atoms with van der Waals surface area (Å²) in [6, 6.07) is 0. The fraction of sp³-hybridized carbons (Fsp3) is 0.750. The third-order valence-electron chi connectivity index (χ3n) is 3.09. The molecule has 0 bridgehead atoms. The fourth-order valence-corrected chi connectivity index (χ4v) is 1.92. The van der Waals surface area contributed by atoms with Crippen molar-refractivity contribution >= 4 is 24.3 Å². The number of carbonyl (C=O) groups excluding carboxylic acids is 1. The van der Waals surface area contributed by atoms with Crippen LogP contribution in [-0.2, 0) is 14.3 Å². The SMILES string of the molecule is C=CCCCCCCCCCOC(=O)CCCC(=O)O.Cl. The largest absolute Gasteiger partial charge is 0.481 e. The Labute approximate surface area is 134 Å². The highest BCUT2D eigenvalue weighted by atomic mass is 35.5. The lowest BCUT2D eigenvalue weighted by Gasteiger charge is -2.04. The number of halogens is 1. The molecule has 0 saturated carbocycles. The molecule has 0 atom stereocenters. The van der Waals surface area contributed by atoms with Gasteiger partial charge in [-0.2, -0.15) is 0 Å². The number of allylic oxidation sites excluding steroid dienone is 1. The Hall–Kier alpha value is -1.03. The number of hydrogen-bond acceptors (Lipinski definition) is 3. The molecule has 0 spiro atoms. The lowest BCUT2D eigenvalue weighted by atomic mass is 10.1. The minimum Gasteiger partial charge on any atom is -0.481 e. The van der Waals surface area contributed by atoms with Crippen molar-refractivity contribution in [2.75, 3.05) is 6.61 Å². The molecule has 124 valence electrons. The van der Waals surface area contributed by atoms with Crippen LogP contribution in [0.25, 0.3) is 0 Å². The van der Waals surface area contributed by atoms with E-state index in [2.05, 4.69) is 6.58 Å². The number of unbranched alkanes of at least 4 members (excludes halogenated alkanes) is 7. The second kappa shape index (κ2) is 17.0. The first kappa shape index (κ1) is 22.3. The lowest BCUT2D eigenvalue weighted by molar-refractivity contribution is -0.144. The molecule has 5 heteroatoms. The van der Waals surface area contributed by atoms with Gasteiger partial charge in [-0.1, -0.05) is 38.2 Å². The summed E-state index contributed by atoms with van der Waals surface area (Å²) < 4.78 is 5.04. The van der Waals surface area contributed by atoms with Gasteiger partial charge < -0.3 is 9.84 Å². The zero-order chi connectivity index (χ0) is 15.1. The van der Waals surface area contributed by atoms with E-state index in [1.807, 2.05) is 6.08 Å². The van der Waals surface area contributed by atoms with Gasteiger partial charge in [-0.25, -0.2) is 0 Å². The topological polar surface area (TPSA) is 63.6 Å². The molecule has 0 unspecified atom stereocenters. The summed E-state index contributed by atoms with van der Waals surface area (Å²) in [5.74, 6) is -1.15. The molecule has 21 heavy (non-hydrogen) atoms. The van der Waals surface area contributed by atoms with E-state index in [1.165, 1.54) is 32.1 Å². The summed E-state index contributed by atoms with van der Waals surface area (Å²) in [4.78, 5) is 21.5. The quantitative estimate of drug-likeness (QED) is 0.290. The van der Waals surface area contributed by atoms with Crippen LogP contribution in [0.1, 0.15) is 70.6 Å². The standard InChI is InChI=1S/C16H28O4.ClH/c1-2-3-4-5-6-7-8-9-10-14-20-16(19)13-11-12-15(17)18;/h2H,1,3-14H2,(H,17,18);1H. The van der Waals surface area contributed by atoms with Gasteiger partial charge in [0, 0.05) is 12.8 Å². The number of aliphatic carboxylic acids is 1. The molecule has 0 aromatic rings. The molecular formula is C16H29ClO4. The number of esters is 1. The Morgan fingerprint density at radius 2 is 1.48 bits per heavy atom. The van der Waals surface area contributed by atoms with Crippen molar-refractivity contribution in [3.05, 3.63) is 12.7 Å². The van der Waals surface area contributed by atoms with Crippen molar-refractivity contribution in [2.24, 2.45) is 0 Å². The maximum Gasteiger partial charge on any atom is 0.305 e. The monoisotopic (exact) mass is 320 g/mol. The summed E-state index contributed by atoms with van der Waals surface area (Å²) in [5, 5.41) is 8.43. The van der Waals surface area contributed by atoms with E-state index in [0.29, 0.717) is 13.0 Å². The molecule has 4 nitrogen and oxygen atoms in total. The molecular weight excluding hydrogens is 292 g/mol. The average Bonchev–Trinajstić information content (AvgIpc) is 2.40. The van der Waals surface area contributed by atoms with Crippen molar-refractivity contribution in [2.45, 2.75) is 70.6 Å². The number of hydrogen-bond donors (Lipinski definition) is 1. The van der Waals surface area contributed by atoms with E-state index < -0.39 is 5.97 Å². The Kier molecular flexibility index (Phi) is 18.0. The van der Waals surface area contributed by atoms with E-state index in [0.717, 1.165) is 19.3 Å². The highest BCUT2D eigenvalue weighted by molar-refractivity contribution is 5.85. The predicted octanol–water partition coefficient (Wildman–Crippen LogP) is 4.51. The van der Waals surface area contributed by atoms with Crippen molar-refractivity contribution < 1.29 is 19.4 Å². The number of carboxylic acids is 1. The average molecular weight is 321 g/mol. The summed E-state index contributed by atoms with van der Waals surface area (Å²) in [6.07, 6.45) is 11.8. The van der Waals surface area contributed by atoms with Crippen molar-refractivity contribution in [1.82, 2.24) is 0 Å². The van der Waals surface area contributed by atoms with Crippen molar-refractivity contribution in [3.8, 4) is 0 Å². The van der Waals surface area contributed by atoms with E-state index in [1.54, 1.807) is 0 Å². The number of ether oxygens (including phenoxy) is 1. The first-order valence-corrected chi connectivity index (χ1v) is 7.65. The van der Waals surface area contributed by atoms with Crippen LogP contribution < -0.4 is 0 Å². The highest BCUT2D eigenvalue weighted by Gasteiger charge is 2.04. The van der Waals surface area contributed by atoms with Gasteiger partial charge in [-0.3, -0.25) is 9.59 Å². The van der Waals surface area contributed by atoms with E-state index in [-0.39, 0.29) is 31.2 Å². The summed E-state index contributed by atoms with van der Waals surface area (Å²) in [5.41, 5.74) is 0. The molecule has 0 aliphatic heterocycles. The molecule has 0 heterocycles. The maximum atomic E-state index is 11.2. The summed E-state index contributed by atoms with van der Waals surface area (Å²) >= 11 is 0. The van der Waals surface area contributed by atoms with Gasteiger partial charge in [-0.05, 0) is 25.7 Å². The molecule has 0 fully saturated rings. The number of carbonyl (C=O) groups is 2. The highest BCUT2D eigenvalue weighted by Crippen LogP contribution is 2.09. The Bertz CT molecular complexity index is 279. The Balaban J connectivity index is 0. The van der Waals surface area contributed by atoms with Crippen LogP contribution in [0.15, 0.2) is 12.7 Å². The normalized spacial score (nSPS) is 9.71. The molecule has 0 rings (SSSR count). The third kappa shape index (κ3) is 19.0. The first-order valence-electron chi connectivity index (χ1n) is 7.65. The lowest BCUT2D eigenvalue weighted by Crippen LogP contribution is -2.06. The minimum absolute atomic E-state index is 0. The molecule has 0 amide bonds. The summed E-state index contributed by atoms with van der Waals surface area (Å²) in [7, 11) is 0. The van der Waals surface area contributed by atoms with Gasteiger partial charge in [0.15, 0.2) is 0 Å². The minimum atomic E-state index is -0.870. The van der Waals surface area contributed by atoms with Crippen LogP contribution in [0.4, 0.5) is 0 Å². The second-order valence-electron chi connectivity index (χ2n) is 5.02. The summed E-state index contributed by atoms with van der Waals surface area (Å²) in [6.45, 7) is 4.16. The molecule has 0 radical (unpaired) electrons. The van der Waals surface area contributed by atoms with Gasteiger partial charge in [0.2, 0.25) is 0 Å². The van der Waals surface area contributed by atoms with Gasteiger partial charge in [-0.15, -0.1) is 19.0 Å². The van der Waals surface area contributed by atoms with Crippen LogP contribution in [0.3, 0.4) is 0 Å². The molecule has 0 aromatic carbocycles. The number of rotatable bonds is 14. The van der Waals surface area contributed by atoms with Crippen LogP contribution >= 0.6 is 12.4 Å². The second-order valence-corrected chi connectivity index (χ2v) is 5.02. The zero-order valence-corrected chi connectivity index (χ0v) is 13.7. The zero-order valence-electron chi connectivity index (χ0n) is 12.8. The van der Waals surface area contributed by atoms with Crippen LogP contribution in [0.5, 0.6) is 0 Å². The van der Waals surface area contributed by atoms with E-state index in [9.17, 15) is 9.59 Å². The van der Waals surface area contributed by atoms with Gasteiger partial charge >= 0.3 is 11.9 Å². The molecule has 0 aliphatic rings. The molecule has 1 N–H and O–H groups in total. The van der Waals surface area contributed by atoms with Crippen molar-refractivity contribution in [3.63, 3.8) is 0 Å². The number of carboxylic acid groups (broad SMARTS) is 1. The van der Waals surface area contributed by atoms with E-state index in [4.69, 9.17) is 9.84 Å². The Morgan fingerprint density at radius 1 is 0.905 bits per heavy atom. The van der Waals surface area contributed by atoms with Crippen LogP contribution in [0.2, 0.25) is 0 Å². The first-order chi connectivity index (χ1) is 9.66. The third-order valence-corrected chi connectivity index (χ3v) is 3.09.